The van der Waals surface area contributed by atoms with Crippen molar-refractivity contribution in [3.05, 3.63) is 11.4 Å². The number of hydrogen-bond acceptors (Lipinski definition) is 5. The van der Waals surface area contributed by atoms with Gasteiger partial charge in [-0.3, -0.25) is 9.59 Å². The maximum absolute atomic E-state index is 13.0. The number of hydrogen-bond donors (Lipinski definition) is 3. The van der Waals surface area contributed by atoms with Gasteiger partial charge in [-0.25, -0.2) is 4.68 Å². The molecule has 2 heterocycles. The Labute approximate surface area is 173 Å². The van der Waals surface area contributed by atoms with E-state index in [0.29, 0.717) is 25.1 Å². The molecule has 1 aromatic heterocycles. The molecule has 1 aromatic rings. The lowest BCUT2D eigenvalue weighted by molar-refractivity contribution is -0.128. The number of rotatable bonds is 6. The summed E-state index contributed by atoms with van der Waals surface area (Å²) < 4.78 is 1.88. The smallest absolute Gasteiger partial charge is 0.274 e. The van der Waals surface area contributed by atoms with Gasteiger partial charge in [0.05, 0.1) is 11.7 Å². The summed E-state index contributed by atoms with van der Waals surface area (Å²) in [5, 5.41) is 17.7. The summed E-state index contributed by atoms with van der Waals surface area (Å²) in [6, 6.07) is 0.275. The molecule has 0 spiro atoms. The normalized spacial score (nSPS) is 19.5. The second-order valence-corrected chi connectivity index (χ2v) is 7.80. The van der Waals surface area contributed by atoms with E-state index in [9.17, 15) is 9.59 Å². The SMILES string of the molecule is CCCNC(=O)C1(NC(=O)c2nnn(C3CCNCC3)c2C)CCCCC1.Cl. The number of piperidine rings is 1. The van der Waals surface area contributed by atoms with Crippen molar-refractivity contribution >= 4 is 24.2 Å². The number of halogens is 1. The van der Waals surface area contributed by atoms with E-state index in [1.807, 2.05) is 18.5 Å². The number of aromatic nitrogens is 3. The summed E-state index contributed by atoms with van der Waals surface area (Å²) in [4.78, 5) is 25.8. The third kappa shape index (κ3) is 4.84. The van der Waals surface area contributed by atoms with Crippen molar-refractivity contribution < 1.29 is 9.59 Å². The van der Waals surface area contributed by atoms with Crippen LogP contribution in [0.15, 0.2) is 0 Å². The minimum Gasteiger partial charge on any atom is -0.354 e. The van der Waals surface area contributed by atoms with Crippen LogP contribution in [0, 0.1) is 6.92 Å². The van der Waals surface area contributed by atoms with Crippen molar-refractivity contribution in [2.24, 2.45) is 0 Å². The predicted octanol–water partition coefficient (Wildman–Crippen LogP) is 1.89. The van der Waals surface area contributed by atoms with E-state index in [1.54, 1.807) is 0 Å². The summed E-state index contributed by atoms with van der Waals surface area (Å²) in [6.07, 6.45) is 7.18. The Morgan fingerprint density at radius 1 is 1.21 bits per heavy atom. The van der Waals surface area contributed by atoms with Gasteiger partial charge in [-0.2, -0.15) is 0 Å². The van der Waals surface area contributed by atoms with Crippen molar-refractivity contribution in [1.29, 1.82) is 0 Å². The first-order valence-electron chi connectivity index (χ1n) is 10.3. The van der Waals surface area contributed by atoms with E-state index in [1.165, 1.54) is 0 Å². The molecule has 2 aliphatic rings. The van der Waals surface area contributed by atoms with Gasteiger partial charge in [-0.1, -0.05) is 31.4 Å². The number of carbonyl (C=O) groups excluding carboxylic acids is 2. The summed E-state index contributed by atoms with van der Waals surface area (Å²) in [7, 11) is 0. The number of carbonyl (C=O) groups is 2. The molecule has 0 atom stereocenters. The molecular formula is C19H33ClN6O2. The number of nitrogens with zero attached hydrogens (tertiary/aromatic N) is 3. The van der Waals surface area contributed by atoms with Gasteiger partial charge >= 0.3 is 0 Å². The van der Waals surface area contributed by atoms with Crippen molar-refractivity contribution in [3.63, 3.8) is 0 Å². The third-order valence-corrected chi connectivity index (χ3v) is 5.83. The average molecular weight is 413 g/mol. The fraction of sp³-hybridized carbons (Fsp3) is 0.789. The topological polar surface area (TPSA) is 101 Å². The molecule has 1 saturated heterocycles. The molecule has 2 fully saturated rings. The van der Waals surface area contributed by atoms with Gasteiger partial charge in [0.1, 0.15) is 5.54 Å². The monoisotopic (exact) mass is 412 g/mol. The minimum atomic E-state index is -0.824. The molecule has 2 amide bonds. The van der Waals surface area contributed by atoms with Gasteiger partial charge in [0.25, 0.3) is 5.91 Å². The van der Waals surface area contributed by atoms with Crippen LogP contribution in [-0.4, -0.2) is 52.0 Å². The maximum atomic E-state index is 13.0. The van der Waals surface area contributed by atoms with Crippen LogP contribution in [0.1, 0.15) is 80.5 Å². The van der Waals surface area contributed by atoms with E-state index < -0.39 is 5.54 Å². The lowest BCUT2D eigenvalue weighted by Crippen LogP contribution is -2.60. The summed E-state index contributed by atoms with van der Waals surface area (Å²) in [5.41, 5.74) is 0.288. The Kier molecular flexibility index (Phi) is 8.24. The molecule has 0 aromatic carbocycles. The van der Waals surface area contributed by atoms with Crippen LogP contribution in [-0.2, 0) is 4.79 Å². The molecule has 9 heteroatoms. The molecule has 8 nitrogen and oxygen atoms in total. The van der Waals surface area contributed by atoms with Gasteiger partial charge < -0.3 is 16.0 Å². The Morgan fingerprint density at radius 2 is 1.89 bits per heavy atom. The summed E-state index contributed by atoms with van der Waals surface area (Å²) >= 11 is 0. The molecule has 1 aliphatic heterocycles. The fourth-order valence-electron chi connectivity index (χ4n) is 4.20. The van der Waals surface area contributed by atoms with E-state index in [0.717, 1.165) is 57.3 Å². The van der Waals surface area contributed by atoms with Gasteiger partial charge in [0.2, 0.25) is 5.91 Å². The van der Waals surface area contributed by atoms with Gasteiger partial charge in [-0.05, 0) is 52.1 Å². The lowest BCUT2D eigenvalue weighted by Gasteiger charge is -2.36. The molecule has 28 heavy (non-hydrogen) atoms. The first-order chi connectivity index (χ1) is 13.1. The second-order valence-electron chi connectivity index (χ2n) is 7.80. The molecule has 0 bridgehead atoms. The Hall–Kier alpha value is -1.67. The predicted molar refractivity (Wildman–Crippen MR) is 110 cm³/mol. The highest BCUT2D eigenvalue weighted by molar-refractivity contribution is 5.98. The first kappa shape index (κ1) is 22.6. The molecule has 158 valence electrons. The summed E-state index contributed by atoms with van der Waals surface area (Å²) in [5.74, 6) is -0.359. The van der Waals surface area contributed by atoms with Gasteiger partial charge in [0.15, 0.2) is 5.69 Å². The Bertz CT molecular complexity index is 665. The minimum absolute atomic E-state index is 0. The number of amides is 2. The first-order valence-corrected chi connectivity index (χ1v) is 10.3. The second kappa shape index (κ2) is 10.2. The molecule has 1 saturated carbocycles. The Morgan fingerprint density at radius 3 is 2.54 bits per heavy atom. The summed E-state index contributed by atoms with van der Waals surface area (Å²) in [6.45, 7) is 6.44. The lowest BCUT2D eigenvalue weighted by atomic mass is 9.80. The number of nitrogens with one attached hydrogen (secondary N) is 3. The maximum Gasteiger partial charge on any atom is 0.274 e. The van der Waals surface area contributed by atoms with Crippen molar-refractivity contribution in [2.75, 3.05) is 19.6 Å². The zero-order valence-electron chi connectivity index (χ0n) is 16.9. The van der Waals surface area contributed by atoms with E-state index >= 15 is 0 Å². The average Bonchev–Trinajstić information content (AvgIpc) is 3.09. The van der Waals surface area contributed by atoms with Gasteiger partial charge in [0, 0.05) is 6.54 Å². The fourth-order valence-corrected chi connectivity index (χ4v) is 4.20. The van der Waals surface area contributed by atoms with Crippen molar-refractivity contribution in [1.82, 2.24) is 30.9 Å². The zero-order valence-corrected chi connectivity index (χ0v) is 17.7. The molecular weight excluding hydrogens is 380 g/mol. The van der Waals surface area contributed by atoms with E-state index in [-0.39, 0.29) is 30.3 Å². The van der Waals surface area contributed by atoms with E-state index in [4.69, 9.17) is 0 Å². The largest absolute Gasteiger partial charge is 0.354 e. The van der Waals surface area contributed by atoms with Crippen LogP contribution in [0.3, 0.4) is 0 Å². The third-order valence-electron chi connectivity index (χ3n) is 5.83. The molecule has 1 aliphatic carbocycles. The van der Waals surface area contributed by atoms with E-state index in [2.05, 4.69) is 26.3 Å². The van der Waals surface area contributed by atoms with Crippen molar-refractivity contribution in [3.8, 4) is 0 Å². The molecule has 0 radical (unpaired) electrons. The quantitative estimate of drug-likeness (QED) is 0.662. The molecule has 3 rings (SSSR count). The van der Waals surface area contributed by atoms with Crippen LogP contribution < -0.4 is 16.0 Å². The van der Waals surface area contributed by atoms with Crippen LogP contribution >= 0.6 is 12.4 Å². The highest BCUT2D eigenvalue weighted by Crippen LogP contribution is 2.29. The molecule has 3 N–H and O–H groups in total. The van der Waals surface area contributed by atoms with Crippen LogP contribution in [0.2, 0.25) is 0 Å². The zero-order chi connectivity index (χ0) is 19.3. The van der Waals surface area contributed by atoms with Crippen molar-refractivity contribution in [2.45, 2.75) is 76.8 Å². The highest BCUT2D eigenvalue weighted by Gasteiger charge is 2.41. The standard InChI is InChI=1S/C19H32N6O2.ClH/c1-3-11-21-18(27)19(9-5-4-6-10-19)22-17(26)16-14(2)25(24-23-16)15-7-12-20-13-8-15;/h15,20H,3-13H2,1-2H3,(H,21,27)(H,22,26);1H. The molecule has 0 unspecified atom stereocenters. The van der Waals surface area contributed by atoms with Crippen LogP contribution in [0.5, 0.6) is 0 Å². The highest BCUT2D eigenvalue weighted by atomic mass is 35.5. The van der Waals surface area contributed by atoms with Crippen LogP contribution in [0.25, 0.3) is 0 Å². The van der Waals surface area contributed by atoms with Crippen LogP contribution in [0.4, 0.5) is 0 Å². The Balaban J connectivity index is 0.00000280. The van der Waals surface area contributed by atoms with Gasteiger partial charge in [-0.15, -0.1) is 17.5 Å².